The topological polar surface area (TPSA) is 56.7 Å². The molecule has 1 unspecified atom stereocenters. The largest absolute Gasteiger partial charge is 0.356 e. The number of carbonyl (C=O) groups excluding carboxylic acids is 1. The Morgan fingerprint density at radius 2 is 2.11 bits per heavy atom. The molecule has 0 aromatic heterocycles. The Labute approximate surface area is 188 Å². The van der Waals surface area contributed by atoms with Gasteiger partial charge in [0.2, 0.25) is 5.91 Å². The lowest BCUT2D eigenvalue weighted by Gasteiger charge is -2.28. The van der Waals surface area contributed by atoms with Crippen molar-refractivity contribution in [3.63, 3.8) is 0 Å². The highest BCUT2D eigenvalue weighted by Crippen LogP contribution is 2.25. The van der Waals surface area contributed by atoms with Crippen LogP contribution in [0.3, 0.4) is 0 Å². The number of guanidine groups is 1. The van der Waals surface area contributed by atoms with Crippen LogP contribution in [-0.2, 0) is 10.2 Å². The van der Waals surface area contributed by atoms with Gasteiger partial charge in [-0.1, -0.05) is 55.8 Å². The van der Waals surface area contributed by atoms with Crippen molar-refractivity contribution in [3.05, 3.63) is 34.3 Å². The van der Waals surface area contributed by atoms with E-state index in [0.29, 0.717) is 0 Å². The van der Waals surface area contributed by atoms with E-state index in [-0.39, 0.29) is 47.3 Å². The SMILES string of the molecule is CN=C(NCC(C)(C)c1cccc(Br)c1)NC1CCN(C(=O)C(C)C)C1.I. The molecule has 1 aromatic carbocycles. The summed E-state index contributed by atoms with van der Waals surface area (Å²) in [6.07, 6.45) is 0.953. The summed E-state index contributed by atoms with van der Waals surface area (Å²) < 4.78 is 1.09. The van der Waals surface area contributed by atoms with Gasteiger partial charge in [-0.3, -0.25) is 9.79 Å². The molecule has 1 atom stereocenters. The van der Waals surface area contributed by atoms with Crippen LogP contribution in [0.15, 0.2) is 33.7 Å². The van der Waals surface area contributed by atoms with Crippen molar-refractivity contribution >= 4 is 51.8 Å². The number of hydrogen-bond donors (Lipinski definition) is 2. The number of hydrogen-bond acceptors (Lipinski definition) is 2. The van der Waals surface area contributed by atoms with Crippen LogP contribution in [0.1, 0.15) is 39.7 Å². The average Bonchev–Trinajstić information content (AvgIpc) is 3.06. The molecule has 1 aliphatic rings. The first-order chi connectivity index (χ1) is 12.2. The van der Waals surface area contributed by atoms with E-state index in [0.717, 1.165) is 36.5 Å². The van der Waals surface area contributed by atoms with Gasteiger partial charge < -0.3 is 15.5 Å². The molecule has 2 N–H and O–H groups in total. The van der Waals surface area contributed by atoms with Crippen LogP contribution in [-0.4, -0.2) is 49.5 Å². The molecule has 152 valence electrons. The van der Waals surface area contributed by atoms with Crippen LogP contribution < -0.4 is 10.6 Å². The average molecular weight is 551 g/mol. The number of nitrogens with zero attached hydrogens (tertiary/aromatic N) is 2. The molecular weight excluding hydrogens is 519 g/mol. The van der Waals surface area contributed by atoms with Gasteiger partial charge in [-0.25, -0.2) is 0 Å². The summed E-state index contributed by atoms with van der Waals surface area (Å²) in [6.45, 7) is 10.7. The minimum absolute atomic E-state index is 0. The third kappa shape index (κ3) is 6.93. The summed E-state index contributed by atoms with van der Waals surface area (Å²) in [4.78, 5) is 18.4. The highest BCUT2D eigenvalue weighted by atomic mass is 127. The third-order valence-corrected chi connectivity index (χ3v) is 5.36. The van der Waals surface area contributed by atoms with Gasteiger partial charge in [-0.2, -0.15) is 0 Å². The Balaban J connectivity index is 0.00000364. The number of nitrogens with one attached hydrogen (secondary N) is 2. The van der Waals surface area contributed by atoms with E-state index in [4.69, 9.17) is 0 Å². The van der Waals surface area contributed by atoms with Crippen molar-refractivity contribution < 1.29 is 4.79 Å². The molecule has 0 radical (unpaired) electrons. The van der Waals surface area contributed by atoms with E-state index in [1.54, 1.807) is 7.05 Å². The fraction of sp³-hybridized carbons (Fsp3) is 0.600. The van der Waals surface area contributed by atoms with Crippen molar-refractivity contribution in [1.29, 1.82) is 0 Å². The van der Waals surface area contributed by atoms with Gasteiger partial charge in [0.15, 0.2) is 5.96 Å². The molecule has 1 aliphatic heterocycles. The smallest absolute Gasteiger partial charge is 0.225 e. The second-order valence-corrected chi connectivity index (χ2v) is 8.80. The molecule has 0 saturated carbocycles. The molecule has 1 aromatic rings. The van der Waals surface area contributed by atoms with E-state index in [1.165, 1.54) is 5.56 Å². The normalized spacial score (nSPS) is 17.7. The molecule has 1 fully saturated rings. The molecule has 0 bridgehead atoms. The van der Waals surface area contributed by atoms with Crippen LogP contribution in [0.4, 0.5) is 0 Å². The number of rotatable bonds is 5. The van der Waals surface area contributed by atoms with E-state index in [1.807, 2.05) is 24.8 Å². The number of halogens is 2. The first kappa shape index (κ1) is 24.2. The zero-order valence-electron chi connectivity index (χ0n) is 16.9. The summed E-state index contributed by atoms with van der Waals surface area (Å²) in [5.41, 5.74) is 1.24. The highest BCUT2D eigenvalue weighted by Gasteiger charge is 2.28. The lowest BCUT2D eigenvalue weighted by molar-refractivity contribution is -0.133. The Morgan fingerprint density at radius 1 is 1.41 bits per heavy atom. The van der Waals surface area contributed by atoms with Crippen molar-refractivity contribution in [2.24, 2.45) is 10.9 Å². The molecule has 5 nitrogen and oxygen atoms in total. The number of amides is 1. The molecule has 27 heavy (non-hydrogen) atoms. The van der Waals surface area contributed by atoms with E-state index in [9.17, 15) is 4.79 Å². The summed E-state index contributed by atoms with van der Waals surface area (Å²) in [7, 11) is 1.79. The van der Waals surface area contributed by atoms with Crippen LogP contribution in [0, 0.1) is 5.92 Å². The minimum Gasteiger partial charge on any atom is -0.356 e. The van der Waals surface area contributed by atoms with Crippen molar-refractivity contribution in [3.8, 4) is 0 Å². The van der Waals surface area contributed by atoms with Gasteiger partial charge in [0.05, 0.1) is 0 Å². The van der Waals surface area contributed by atoms with E-state index < -0.39 is 0 Å². The van der Waals surface area contributed by atoms with Crippen molar-refractivity contribution in [2.45, 2.75) is 45.6 Å². The monoisotopic (exact) mass is 550 g/mol. The second-order valence-electron chi connectivity index (χ2n) is 7.89. The number of carbonyl (C=O) groups is 1. The molecule has 1 heterocycles. The Bertz CT molecular complexity index is 663. The lowest BCUT2D eigenvalue weighted by Crippen LogP contribution is -2.48. The fourth-order valence-corrected chi connectivity index (χ4v) is 3.55. The van der Waals surface area contributed by atoms with Gasteiger partial charge in [0.25, 0.3) is 0 Å². The summed E-state index contributed by atoms with van der Waals surface area (Å²) in [6, 6.07) is 8.65. The maximum Gasteiger partial charge on any atom is 0.225 e. The minimum atomic E-state index is -0.0310. The molecule has 1 amide bonds. The third-order valence-electron chi connectivity index (χ3n) is 4.86. The molecule has 1 saturated heterocycles. The first-order valence-electron chi connectivity index (χ1n) is 9.25. The van der Waals surface area contributed by atoms with Crippen LogP contribution in [0.25, 0.3) is 0 Å². The van der Waals surface area contributed by atoms with Crippen molar-refractivity contribution in [1.82, 2.24) is 15.5 Å². The van der Waals surface area contributed by atoms with Crippen LogP contribution in [0.2, 0.25) is 0 Å². The quantitative estimate of drug-likeness (QED) is 0.333. The number of benzene rings is 1. The van der Waals surface area contributed by atoms with Gasteiger partial charge in [-0.05, 0) is 24.1 Å². The molecule has 0 aliphatic carbocycles. The molecule has 7 heteroatoms. The van der Waals surface area contributed by atoms with Crippen LogP contribution >= 0.6 is 39.9 Å². The second kappa shape index (κ2) is 10.6. The zero-order valence-corrected chi connectivity index (χ0v) is 20.8. The standard InChI is InChI=1S/C20H31BrN4O.HI/c1-14(2)18(26)25-10-9-17(12-25)24-19(22-5)23-13-20(3,4)15-7-6-8-16(21)11-15;/h6-8,11,14,17H,9-10,12-13H2,1-5H3,(H2,22,23,24);1H. The molecular formula is C20H32BrIN4O. The predicted molar refractivity (Wildman–Crippen MR) is 127 cm³/mol. The molecule has 0 spiro atoms. The fourth-order valence-electron chi connectivity index (χ4n) is 3.15. The predicted octanol–water partition coefficient (Wildman–Crippen LogP) is 3.77. The number of likely N-dealkylation sites (tertiary alicyclic amines) is 1. The maximum atomic E-state index is 12.1. The molecule has 2 rings (SSSR count). The van der Waals surface area contributed by atoms with E-state index in [2.05, 4.69) is 63.6 Å². The van der Waals surface area contributed by atoms with Crippen molar-refractivity contribution in [2.75, 3.05) is 26.7 Å². The van der Waals surface area contributed by atoms with Crippen LogP contribution in [0.5, 0.6) is 0 Å². The summed E-state index contributed by atoms with van der Waals surface area (Å²) in [5.74, 6) is 1.07. The summed E-state index contributed by atoms with van der Waals surface area (Å²) in [5, 5.41) is 6.90. The zero-order chi connectivity index (χ0) is 19.3. The number of aliphatic imine (C=N–C) groups is 1. The first-order valence-corrected chi connectivity index (χ1v) is 10.0. The van der Waals surface area contributed by atoms with Gasteiger partial charge >= 0.3 is 0 Å². The maximum absolute atomic E-state index is 12.1. The Kier molecular flexibility index (Phi) is 9.54. The summed E-state index contributed by atoms with van der Waals surface area (Å²) >= 11 is 3.55. The Morgan fingerprint density at radius 3 is 2.70 bits per heavy atom. The van der Waals surface area contributed by atoms with Gasteiger partial charge in [-0.15, -0.1) is 24.0 Å². The Hall–Kier alpha value is -0.830. The highest BCUT2D eigenvalue weighted by molar-refractivity contribution is 14.0. The lowest BCUT2D eigenvalue weighted by atomic mass is 9.85. The van der Waals surface area contributed by atoms with E-state index >= 15 is 0 Å². The van der Waals surface area contributed by atoms with Gasteiger partial charge in [0, 0.05) is 48.5 Å². The van der Waals surface area contributed by atoms with Gasteiger partial charge in [0.1, 0.15) is 0 Å².